The van der Waals surface area contributed by atoms with Crippen LogP contribution in [0.1, 0.15) is 18.4 Å². The van der Waals surface area contributed by atoms with Crippen molar-refractivity contribution in [2.45, 2.75) is 25.3 Å². The number of amides is 1. The number of nitrogens with one attached hydrogen (secondary N) is 1. The van der Waals surface area contributed by atoms with E-state index >= 15 is 0 Å². The smallest absolute Gasteiger partial charge is 0.236 e. The molecule has 1 aromatic carbocycles. The van der Waals surface area contributed by atoms with Gasteiger partial charge in [0.05, 0.1) is 6.04 Å². The van der Waals surface area contributed by atoms with Crippen LogP contribution >= 0.6 is 0 Å². The van der Waals surface area contributed by atoms with Crippen molar-refractivity contribution >= 4 is 5.91 Å². The summed E-state index contributed by atoms with van der Waals surface area (Å²) in [6, 6.07) is 9.52. The summed E-state index contributed by atoms with van der Waals surface area (Å²) in [5.74, 6) is 2.34. The number of benzene rings is 1. The second-order valence-corrected chi connectivity index (χ2v) is 3.88. The fourth-order valence-corrected chi connectivity index (χ4v) is 1.49. The van der Waals surface area contributed by atoms with Crippen molar-refractivity contribution in [1.82, 2.24) is 5.32 Å². The Labute approximate surface area is 102 Å². The number of rotatable bonds is 6. The fourth-order valence-electron chi connectivity index (χ4n) is 1.49. The van der Waals surface area contributed by atoms with E-state index in [1.165, 1.54) is 5.56 Å². The first kappa shape index (κ1) is 13.3. The minimum Gasteiger partial charge on any atom is -0.354 e. The van der Waals surface area contributed by atoms with Gasteiger partial charge in [-0.1, -0.05) is 30.3 Å². The minimum atomic E-state index is -0.465. The molecule has 1 atom stereocenters. The summed E-state index contributed by atoms with van der Waals surface area (Å²) in [6.45, 7) is 0.494. The Hall–Kier alpha value is -1.79. The Morgan fingerprint density at radius 2 is 2.12 bits per heavy atom. The van der Waals surface area contributed by atoms with Gasteiger partial charge in [0, 0.05) is 13.0 Å². The van der Waals surface area contributed by atoms with Crippen LogP contribution in [0.2, 0.25) is 0 Å². The van der Waals surface area contributed by atoms with Crippen molar-refractivity contribution in [1.29, 1.82) is 0 Å². The molecular formula is C14H18N2O. The first-order chi connectivity index (χ1) is 8.24. The quantitative estimate of drug-likeness (QED) is 0.567. The predicted molar refractivity (Wildman–Crippen MR) is 69.2 cm³/mol. The average Bonchev–Trinajstić information content (AvgIpc) is 2.37. The molecule has 0 fully saturated rings. The fraction of sp³-hybridized carbons (Fsp3) is 0.357. The minimum absolute atomic E-state index is 0.129. The summed E-state index contributed by atoms with van der Waals surface area (Å²) >= 11 is 0. The van der Waals surface area contributed by atoms with Gasteiger partial charge in [-0.3, -0.25) is 4.79 Å². The second kappa shape index (κ2) is 7.48. The van der Waals surface area contributed by atoms with Crippen LogP contribution in [0.25, 0.3) is 0 Å². The number of carbonyl (C=O) groups is 1. The lowest BCUT2D eigenvalue weighted by Gasteiger charge is -2.11. The molecule has 0 saturated heterocycles. The lowest BCUT2D eigenvalue weighted by Crippen LogP contribution is -2.41. The molecule has 3 N–H and O–H groups in total. The predicted octanol–water partition coefficient (Wildman–Crippen LogP) is 1.09. The van der Waals surface area contributed by atoms with Crippen molar-refractivity contribution in [2.24, 2.45) is 5.73 Å². The second-order valence-electron chi connectivity index (χ2n) is 3.88. The number of nitrogens with two attached hydrogens (primary N) is 1. The molecule has 0 aliphatic rings. The molecule has 1 aromatic rings. The summed E-state index contributed by atoms with van der Waals surface area (Å²) in [6.07, 6.45) is 7.09. The number of hydrogen-bond donors (Lipinski definition) is 2. The number of hydrogen-bond acceptors (Lipinski definition) is 2. The molecule has 1 amide bonds. The first-order valence-electron chi connectivity index (χ1n) is 5.74. The largest absolute Gasteiger partial charge is 0.354 e. The Balaban J connectivity index is 2.27. The molecular weight excluding hydrogens is 212 g/mol. The van der Waals surface area contributed by atoms with Crippen molar-refractivity contribution in [3.05, 3.63) is 35.9 Å². The van der Waals surface area contributed by atoms with Gasteiger partial charge in [0.25, 0.3) is 0 Å². The van der Waals surface area contributed by atoms with E-state index in [1.807, 2.05) is 30.3 Å². The third kappa shape index (κ3) is 5.19. The molecule has 3 nitrogen and oxygen atoms in total. The Morgan fingerprint density at radius 3 is 2.76 bits per heavy atom. The number of aryl methyl sites for hydroxylation is 1. The van der Waals surface area contributed by atoms with Gasteiger partial charge in [-0.2, -0.15) is 0 Å². The maximum atomic E-state index is 11.5. The Kier molecular flexibility index (Phi) is 5.84. The number of terminal acetylenes is 1. The van der Waals surface area contributed by atoms with Crippen LogP contribution in [-0.4, -0.2) is 18.5 Å². The van der Waals surface area contributed by atoms with E-state index in [-0.39, 0.29) is 5.91 Å². The highest BCUT2D eigenvalue weighted by atomic mass is 16.2. The lowest BCUT2D eigenvalue weighted by atomic mass is 10.1. The first-order valence-corrected chi connectivity index (χ1v) is 5.74. The van der Waals surface area contributed by atoms with Gasteiger partial charge in [-0.05, 0) is 18.4 Å². The van der Waals surface area contributed by atoms with Crippen molar-refractivity contribution in [3.8, 4) is 12.3 Å². The zero-order valence-corrected chi connectivity index (χ0v) is 9.86. The summed E-state index contributed by atoms with van der Waals surface area (Å²) in [5.41, 5.74) is 6.98. The van der Waals surface area contributed by atoms with E-state index in [9.17, 15) is 4.79 Å². The molecule has 0 saturated carbocycles. The van der Waals surface area contributed by atoms with Gasteiger partial charge < -0.3 is 11.1 Å². The van der Waals surface area contributed by atoms with Crippen LogP contribution in [0.4, 0.5) is 0 Å². The van der Waals surface area contributed by atoms with E-state index in [1.54, 1.807) is 0 Å². The van der Waals surface area contributed by atoms with Crippen LogP contribution in [0.15, 0.2) is 30.3 Å². The van der Waals surface area contributed by atoms with Crippen LogP contribution < -0.4 is 11.1 Å². The van der Waals surface area contributed by atoms with Crippen LogP contribution in [0, 0.1) is 12.3 Å². The van der Waals surface area contributed by atoms with Crippen LogP contribution in [-0.2, 0) is 11.2 Å². The average molecular weight is 230 g/mol. The molecule has 1 unspecified atom stereocenters. The Morgan fingerprint density at radius 1 is 1.41 bits per heavy atom. The van der Waals surface area contributed by atoms with E-state index in [4.69, 9.17) is 12.2 Å². The molecule has 17 heavy (non-hydrogen) atoms. The van der Waals surface area contributed by atoms with Crippen molar-refractivity contribution in [3.63, 3.8) is 0 Å². The van der Waals surface area contributed by atoms with Gasteiger partial charge in [0.1, 0.15) is 0 Å². The standard InChI is InChI=1S/C14H18N2O/c1-2-3-11-16-14(17)13(15)10-9-12-7-5-4-6-8-12/h1,4-8,13H,3,9-11,15H2,(H,16,17). The third-order valence-corrected chi connectivity index (χ3v) is 2.49. The van der Waals surface area contributed by atoms with Crippen molar-refractivity contribution < 1.29 is 4.79 Å². The highest BCUT2D eigenvalue weighted by molar-refractivity contribution is 5.81. The van der Waals surface area contributed by atoms with Gasteiger partial charge in [0.15, 0.2) is 0 Å². The molecule has 0 spiro atoms. The SMILES string of the molecule is C#CCCNC(=O)C(N)CCc1ccccc1. The maximum Gasteiger partial charge on any atom is 0.236 e. The summed E-state index contributed by atoms with van der Waals surface area (Å²) in [7, 11) is 0. The highest BCUT2D eigenvalue weighted by Gasteiger charge is 2.12. The maximum absolute atomic E-state index is 11.5. The lowest BCUT2D eigenvalue weighted by molar-refractivity contribution is -0.122. The molecule has 3 heteroatoms. The van der Waals surface area contributed by atoms with Crippen molar-refractivity contribution in [2.75, 3.05) is 6.54 Å². The molecule has 0 aliphatic carbocycles. The zero-order chi connectivity index (χ0) is 12.5. The van der Waals surface area contributed by atoms with E-state index < -0.39 is 6.04 Å². The molecule has 0 aromatic heterocycles. The van der Waals surface area contributed by atoms with E-state index in [0.717, 1.165) is 6.42 Å². The summed E-state index contributed by atoms with van der Waals surface area (Å²) < 4.78 is 0. The summed E-state index contributed by atoms with van der Waals surface area (Å²) in [5, 5.41) is 2.71. The molecule has 0 bridgehead atoms. The van der Waals surface area contributed by atoms with Gasteiger partial charge in [-0.25, -0.2) is 0 Å². The van der Waals surface area contributed by atoms with E-state index in [2.05, 4.69) is 11.2 Å². The van der Waals surface area contributed by atoms with Crippen LogP contribution in [0.5, 0.6) is 0 Å². The Bertz CT molecular complexity index is 381. The zero-order valence-electron chi connectivity index (χ0n) is 9.86. The highest BCUT2D eigenvalue weighted by Crippen LogP contribution is 2.03. The molecule has 90 valence electrons. The van der Waals surface area contributed by atoms with Gasteiger partial charge in [0.2, 0.25) is 5.91 Å². The van der Waals surface area contributed by atoms with Gasteiger partial charge >= 0.3 is 0 Å². The van der Waals surface area contributed by atoms with Crippen LogP contribution in [0.3, 0.4) is 0 Å². The molecule has 1 rings (SSSR count). The summed E-state index contributed by atoms with van der Waals surface area (Å²) in [4.78, 5) is 11.5. The molecule has 0 aliphatic heterocycles. The van der Waals surface area contributed by atoms with E-state index in [0.29, 0.717) is 19.4 Å². The normalized spacial score (nSPS) is 11.5. The van der Waals surface area contributed by atoms with Gasteiger partial charge in [-0.15, -0.1) is 12.3 Å². The number of carbonyl (C=O) groups excluding carboxylic acids is 1. The third-order valence-electron chi connectivity index (χ3n) is 2.49. The monoisotopic (exact) mass is 230 g/mol. The topological polar surface area (TPSA) is 55.1 Å². The molecule has 0 heterocycles. The molecule has 0 radical (unpaired) electrons.